The average Bonchev–Trinajstić information content (AvgIpc) is 2.28. The fourth-order valence-corrected chi connectivity index (χ4v) is 3.16. The Labute approximate surface area is 65.7 Å². The monoisotopic (exact) mass is 177 g/mol. The molecule has 0 spiro atoms. The van der Waals surface area contributed by atoms with Gasteiger partial charge >= 0.3 is 0 Å². The third-order valence-electron chi connectivity index (χ3n) is 1.89. The number of nitrogens with two attached hydrogens (primary N) is 1. The lowest BCUT2D eigenvalue weighted by atomic mass is 10.2. The number of Topliss-reactive ketones (excluding diaryl/α,β-unsaturated/α-hetero) is 1. The minimum Gasteiger partial charge on any atom is -0.324 e. The fraction of sp³-hybridized carbons (Fsp3) is 0.833. The van der Waals surface area contributed by atoms with Crippen LogP contribution in [0.4, 0.5) is 0 Å². The van der Waals surface area contributed by atoms with Crippen molar-refractivity contribution in [2.24, 2.45) is 5.73 Å². The predicted molar refractivity (Wildman–Crippen MR) is 40.9 cm³/mol. The average molecular weight is 177 g/mol. The van der Waals surface area contributed by atoms with E-state index in [-0.39, 0.29) is 18.1 Å². The number of rotatable bonds is 2. The Morgan fingerprint density at radius 2 is 2.18 bits per heavy atom. The van der Waals surface area contributed by atoms with E-state index in [1.165, 1.54) is 0 Å². The second-order valence-corrected chi connectivity index (χ2v) is 4.97. The lowest BCUT2D eigenvalue weighted by Crippen LogP contribution is -2.31. The van der Waals surface area contributed by atoms with Crippen LogP contribution < -0.4 is 5.73 Å². The maximum absolute atomic E-state index is 11.1. The molecule has 5 heteroatoms. The molecule has 0 amide bonds. The molecule has 1 rings (SSSR count). The first-order valence-electron chi connectivity index (χ1n) is 3.52. The van der Waals surface area contributed by atoms with E-state index in [4.69, 9.17) is 5.73 Å². The summed E-state index contributed by atoms with van der Waals surface area (Å²) in [6.45, 7) is -0.163. The first kappa shape index (κ1) is 8.67. The topological polar surface area (TPSA) is 77.2 Å². The van der Waals surface area contributed by atoms with Crippen molar-refractivity contribution in [3.63, 3.8) is 0 Å². The summed E-state index contributed by atoms with van der Waals surface area (Å²) in [4.78, 5) is 10.9. The van der Waals surface area contributed by atoms with Crippen LogP contribution in [0.25, 0.3) is 0 Å². The summed E-state index contributed by atoms with van der Waals surface area (Å²) in [5.41, 5.74) is 5.06. The van der Waals surface area contributed by atoms with Crippen molar-refractivity contribution < 1.29 is 13.2 Å². The molecule has 0 aromatic heterocycles. The molecule has 4 nitrogen and oxygen atoms in total. The number of hydrogen-bond donors (Lipinski definition) is 1. The van der Waals surface area contributed by atoms with E-state index in [0.717, 1.165) is 0 Å². The molecular formula is C6H11NO3S. The van der Waals surface area contributed by atoms with Gasteiger partial charge in [-0.2, -0.15) is 0 Å². The van der Waals surface area contributed by atoms with Crippen molar-refractivity contribution >= 4 is 15.6 Å². The molecule has 11 heavy (non-hydrogen) atoms. The smallest absolute Gasteiger partial charge is 0.164 e. The second-order valence-electron chi connectivity index (χ2n) is 2.67. The molecule has 1 unspecified atom stereocenters. The van der Waals surface area contributed by atoms with Crippen LogP contribution >= 0.6 is 0 Å². The number of ketones is 1. The molecule has 0 aromatic rings. The Kier molecular flexibility index (Phi) is 2.29. The highest BCUT2D eigenvalue weighted by Crippen LogP contribution is 2.20. The first-order chi connectivity index (χ1) is 5.08. The van der Waals surface area contributed by atoms with Crippen molar-refractivity contribution in [2.75, 3.05) is 12.3 Å². The van der Waals surface area contributed by atoms with Crippen LogP contribution in [0, 0.1) is 0 Å². The predicted octanol–water partition coefficient (Wildman–Crippen LogP) is -0.909. The van der Waals surface area contributed by atoms with E-state index in [9.17, 15) is 13.2 Å². The van der Waals surface area contributed by atoms with Gasteiger partial charge in [0.15, 0.2) is 15.6 Å². The number of hydrogen-bond acceptors (Lipinski definition) is 4. The highest BCUT2D eigenvalue weighted by atomic mass is 32.2. The van der Waals surface area contributed by atoms with E-state index in [0.29, 0.717) is 12.8 Å². The zero-order valence-electron chi connectivity index (χ0n) is 6.12. The van der Waals surface area contributed by atoms with Gasteiger partial charge in [-0.25, -0.2) is 8.42 Å². The van der Waals surface area contributed by atoms with E-state index in [1.54, 1.807) is 0 Å². The summed E-state index contributed by atoms with van der Waals surface area (Å²) in [5, 5.41) is -0.799. The van der Waals surface area contributed by atoms with Gasteiger partial charge in [-0.3, -0.25) is 4.79 Å². The minimum absolute atomic E-state index is 0.142. The Balaban J connectivity index is 2.82. The Morgan fingerprint density at radius 3 is 2.55 bits per heavy atom. The van der Waals surface area contributed by atoms with Gasteiger partial charge in [-0.05, 0) is 12.8 Å². The number of carbonyl (C=O) groups excluding carboxylic acids is 1. The largest absolute Gasteiger partial charge is 0.324 e. The highest BCUT2D eigenvalue weighted by molar-refractivity contribution is 7.93. The highest BCUT2D eigenvalue weighted by Gasteiger charge is 2.35. The van der Waals surface area contributed by atoms with E-state index in [2.05, 4.69) is 0 Å². The van der Waals surface area contributed by atoms with Crippen LogP contribution in [0.5, 0.6) is 0 Å². The molecule has 0 radical (unpaired) electrons. The van der Waals surface area contributed by atoms with Crippen LogP contribution in [0.1, 0.15) is 12.8 Å². The minimum atomic E-state index is -3.13. The van der Waals surface area contributed by atoms with Gasteiger partial charge in [0, 0.05) is 0 Å². The molecule has 0 aliphatic carbocycles. The molecule has 0 saturated carbocycles. The van der Waals surface area contributed by atoms with Gasteiger partial charge in [0.05, 0.1) is 12.3 Å². The van der Waals surface area contributed by atoms with Crippen LogP contribution in [0.3, 0.4) is 0 Å². The summed E-state index contributed by atoms with van der Waals surface area (Å²) in [5.74, 6) is -0.203. The van der Waals surface area contributed by atoms with Crippen LogP contribution in [-0.4, -0.2) is 31.7 Å². The molecule has 1 fully saturated rings. The number of carbonyl (C=O) groups is 1. The molecule has 64 valence electrons. The molecule has 1 atom stereocenters. The van der Waals surface area contributed by atoms with Gasteiger partial charge in [0.2, 0.25) is 0 Å². The van der Waals surface area contributed by atoms with Crippen LogP contribution in [-0.2, 0) is 14.6 Å². The quantitative estimate of drug-likeness (QED) is 0.592. The maximum atomic E-state index is 11.1. The van der Waals surface area contributed by atoms with Crippen molar-refractivity contribution in [1.29, 1.82) is 0 Å². The Bertz CT molecular complexity index is 257. The third-order valence-corrected chi connectivity index (χ3v) is 4.11. The van der Waals surface area contributed by atoms with E-state index < -0.39 is 15.1 Å². The molecule has 2 N–H and O–H groups in total. The SMILES string of the molecule is NCC(=O)C1CCCS1(=O)=O. The van der Waals surface area contributed by atoms with Gasteiger partial charge in [-0.15, -0.1) is 0 Å². The van der Waals surface area contributed by atoms with Crippen molar-refractivity contribution in [3.8, 4) is 0 Å². The van der Waals surface area contributed by atoms with Gasteiger partial charge < -0.3 is 5.73 Å². The summed E-state index contributed by atoms with van der Waals surface area (Å²) in [6, 6.07) is 0. The van der Waals surface area contributed by atoms with Gasteiger partial charge in [-0.1, -0.05) is 0 Å². The molecule has 1 aliphatic heterocycles. The lowest BCUT2D eigenvalue weighted by molar-refractivity contribution is -0.117. The zero-order chi connectivity index (χ0) is 8.48. The molecule has 0 aromatic carbocycles. The molecule has 1 saturated heterocycles. The number of sulfone groups is 1. The summed E-state index contributed by atoms with van der Waals surface area (Å²) in [7, 11) is -3.13. The van der Waals surface area contributed by atoms with Gasteiger partial charge in [0.25, 0.3) is 0 Å². The van der Waals surface area contributed by atoms with Gasteiger partial charge in [0.1, 0.15) is 5.25 Å². The Morgan fingerprint density at radius 1 is 1.55 bits per heavy atom. The van der Waals surface area contributed by atoms with Crippen LogP contribution in [0.2, 0.25) is 0 Å². The third kappa shape index (κ3) is 1.59. The summed E-state index contributed by atoms with van der Waals surface area (Å²) < 4.78 is 22.2. The zero-order valence-corrected chi connectivity index (χ0v) is 6.93. The van der Waals surface area contributed by atoms with Crippen molar-refractivity contribution in [1.82, 2.24) is 0 Å². The summed E-state index contributed by atoms with van der Waals surface area (Å²) >= 11 is 0. The van der Waals surface area contributed by atoms with E-state index >= 15 is 0 Å². The first-order valence-corrected chi connectivity index (χ1v) is 5.24. The van der Waals surface area contributed by atoms with Crippen molar-refractivity contribution in [2.45, 2.75) is 18.1 Å². The second kappa shape index (κ2) is 2.91. The van der Waals surface area contributed by atoms with Crippen LogP contribution in [0.15, 0.2) is 0 Å². The lowest BCUT2D eigenvalue weighted by Gasteiger charge is -2.04. The molecule has 0 bridgehead atoms. The fourth-order valence-electron chi connectivity index (χ4n) is 1.28. The molecular weight excluding hydrogens is 166 g/mol. The molecule has 1 heterocycles. The molecule has 1 aliphatic rings. The normalized spacial score (nSPS) is 28.6. The maximum Gasteiger partial charge on any atom is 0.164 e. The Hall–Kier alpha value is -0.420. The summed E-state index contributed by atoms with van der Waals surface area (Å²) in [6.07, 6.45) is 1.05. The van der Waals surface area contributed by atoms with E-state index in [1.807, 2.05) is 0 Å². The van der Waals surface area contributed by atoms with Crippen molar-refractivity contribution in [3.05, 3.63) is 0 Å². The standard InChI is InChI=1S/C6H11NO3S/c7-4-5(8)6-2-1-3-11(6,9)10/h6H,1-4,7H2.